The Hall–Kier alpha value is -1.80. The van der Waals surface area contributed by atoms with E-state index in [-0.39, 0.29) is 0 Å². The van der Waals surface area contributed by atoms with Gasteiger partial charge in [-0.2, -0.15) is 0 Å². The monoisotopic (exact) mass is 241 g/mol. The van der Waals surface area contributed by atoms with Crippen molar-refractivity contribution in [3.05, 3.63) is 65.2 Å². The van der Waals surface area contributed by atoms with E-state index in [9.17, 15) is 5.11 Å². The molecular weight excluding hydrogens is 222 g/mol. The number of aromatic hydroxyl groups is 1. The Morgan fingerprint density at radius 3 is 2.56 bits per heavy atom. The molecule has 0 aromatic heterocycles. The predicted octanol–water partition coefficient (Wildman–Crippen LogP) is 2.99. The van der Waals surface area contributed by atoms with E-state index in [1.165, 1.54) is 11.1 Å². The Labute approximate surface area is 108 Å². The van der Waals surface area contributed by atoms with E-state index in [2.05, 4.69) is 31.2 Å². The summed E-state index contributed by atoms with van der Waals surface area (Å²) in [5, 5.41) is 9.48. The minimum absolute atomic E-state index is 0.298. The average molecular weight is 241 g/mol. The van der Waals surface area contributed by atoms with Crippen molar-refractivity contribution >= 4 is 0 Å². The minimum Gasteiger partial charge on any atom is -0.508 e. The maximum atomic E-state index is 9.48. The van der Waals surface area contributed by atoms with Crippen LogP contribution in [-0.4, -0.2) is 11.7 Å². The normalized spacial score (nSPS) is 12.3. The van der Waals surface area contributed by atoms with Crippen molar-refractivity contribution in [2.24, 2.45) is 5.73 Å². The molecule has 3 N–H and O–H groups in total. The van der Waals surface area contributed by atoms with Crippen molar-refractivity contribution in [1.82, 2.24) is 0 Å². The van der Waals surface area contributed by atoms with Gasteiger partial charge in [-0.25, -0.2) is 0 Å². The number of hydrogen-bond acceptors (Lipinski definition) is 2. The summed E-state index contributed by atoms with van der Waals surface area (Å²) >= 11 is 0. The zero-order valence-electron chi connectivity index (χ0n) is 10.6. The van der Waals surface area contributed by atoms with Crippen LogP contribution in [0.2, 0.25) is 0 Å². The molecule has 0 amide bonds. The Balaban J connectivity index is 2.19. The summed E-state index contributed by atoms with van der Waals surface area (Å²) in [7, 11) is 0. The standard InChI is InChI=1S/C16H19NO/c1-12-4-2-6-14(8-12)15(11-17)9-13-5-3-7-16(18)10-13/h2-8,10,15,18H,9,11,17H2,1H3. The van der Waals surface area contributed by atoms with Gasteiger partial charge in [0.15, 0.2) is 0 Å². The molecule has 0 spiro atoms. The molecule has 1 unspecified atom stereocenters. The van der Waals surface area contributed by atoms with Crippen LogP contribution in [0.25, 0.3) is 0 Å². The third-order valence-electron chi connectivity index (χ3n) is 3.19. The lowest BCUT2D eigenvalue weighted by molar-refractivity contribution is 0.474. The van der Waals surface area contributed by atoms with Gasteiger partial charge < -0.3 is 10.8 Å². The third-order valence-corrected chi connectivity index (χ3v) is 3.19. The fourth-order valence-corrected chi connectivity index (χ4v) is 2.23. The highest BCUT2D eigenvalue weighted by atomic mass is 16.3. The number of hydrogen-bond donors (Lipinski definition) is 2. The second kappa shape index (κ2) is 5.69. The van der Waals surface area contributed by atoms with Gasteiger partial charge in [-0.05, 0) is 43.1 Å². The molecule has 2 nitrogen and oxygen atoms in total. The van der Waals surface area contributed by atoms with Crippen LogP contribution in [0.3, 0.4) is 0 Å². The van der Waals surface area contributed by atoms with Crippen molar-refractivity contribution < 1.29 is 5.11 Å². The number of phenolic OH excluding ortho intramolecular Hbond substituents is 1. The summed E-state index contributed by atoms with van der Waals surface area (Å²) in [6, 6.07) is 15.8. The average Bonchev–Trinajstić information content (AvgIpc) is 2.36. The Morgan fingerprint density at radius 2 is 1.89 bits per heavy atom. The molecule has 1 atom stereocenters. The molecule has 2 aromatic rings. The third kappa shape index (κ3) is 3.11. The number of phenols is 1. The molecule has 18 heavy (non-hydrogen) atoms. The maximum absolute atomic E-state index is 9.48. The van der Waals surface area contributed by atoms with Crippen LogP contribution in [0, 0.1) is 6.92 Å². The molecule has 0 bridgehead atoms. The summed E-state index contributed by atoms with van der Waals surface area (Å²) in [6.45, 7) is 2.70. The lowest BCUT2D eigenvalue weighted by Gasteiger charge is -2.16. The second-order valence-electron chi connectivity index (χ2n) is 4.72. The van der Waals surface area contributed by atoms with Crippen LogP contribution in [0.4, 0.5) is 0 Å². The highest BCUT2D eigenvalue weighted by Gasteiger charge is 2.11. The van der Waals surface area contributed by atoms with Gasteiger partial charge in [0, 0.05) is 5.92 Å². The van der Waals surface area contributed by atoms with Crippen molar-refractivity contribution in [1.29, 1.82) is 0 Å². The van der Waals surface area contributed by atoms with Crippen LogP contribution in [0.15, 0.2) is 48.5 Å². The summed E-state index contributed by atoms with van der Waals surface area (Å²) in [5.41, 5.74) is 9.51. The number of benzene rings is 2. The molecule has 0 radical (unpaired) electrons. The Morgan fingerprint density at radius 1 is 1.11 bits per heavy atom. The second-order valence-corrected chi connectivity index (χ2v) is 4.72. The zero-order chi connectivity index (χ0) is 13.0. The fraction of sp³-hybridized carbons (Fsp3) is 0.250. The molecule has 2 heteroatoms. The molecular formula is C16H19NO. The van der Waals surface area contributed by atoms with Crippen LogP contribution < -0.4 is 5.73 Å². The van der Waals surface area contributed by atoms with E-state index >= 15 is 0 Å². The smallest absolute Gasteiger partial charge is 0.115 e. The van der Waals surface area contributed by atoms with Gasteiger partial charge in [0.05, 0.1) is 0 Å². The van der Waals surface area contributed by atoms with E-state index < -0.39 is 0 Å². The van der Waals surface area contributed by atoms with E-state index in [0.29, 0.717) is 18.2 Å². The SMILES string of the molecule is Cc1cccc(C(CN)Cc2cccc(O)c2)c1. The van der Waals surface area contributed by atoms with Crippen LogP contribution in [0.1, 0.15) is 22.6 Å². The first kappa shape index (κ1) is 12.7. The molecule has 0 fully saturated rings. The van der Waals surface area contributed by atoms with Gasteiger partial charge in [0.25, 0.3) is 0 Å². The molecule has 2 rings (SSSR count). The summed E-state index contributed by atoms with van der Waals surface area (Å²) < 4.78 is 0. The summed E-state index contributed by atoms with van der Waals surface area (Å²) in [4.78, 5) is 0. The van der Waals surface area contributed by atoms with E-state index in [4.69, 9.17) is 5.73 Å². The topological polar surface area (TPSA) is 46.2 Å². The highest BCUT2D eigenvalue weighted by Crippen LogP contribution is 2.22. The lowest BCUT2D eigenvalue weighted by atomic mass is 9.91. The molecule has 0 saturated carbocycles. The number of nitrogens with two attached hydrogens (primary N) is 1. The molecule has 0 aliphatic carbocycles. The van der Waals surface area contributed by atoms with Gasteiger partial charge in [-0.15, -0.1) is 0 Å². The first-order valence-electron chi connectivity index (χ1n) is 6.23. The Kier molecular flexibility index (Phi) is 4.00. The molecule has 0 aliphatic rings. The molecule has 0 heterocycles. The first-order chi connectivity index (χ1) is 8.69. The number of rotatable bonds is 4. The summed E-state index contributed by atoms with van der Waals surface area (Å²) in [5.74, 6) is 0.610. The van der Waals surface area contributed by atoms with Crippen LogP contribution in [0.5, 0.6) is 5.75 Å². The fourth-order valence-electron chi connectivity index (χ4n) is 2.23. The highest BCUT2D eigenvalue weighted by molar-refractivity contribution is 5.31. The van der Waals surface area contributed by atoms with Crippen molar-refractivity contribution in [3.63, 3.8) is 0 Å². The predicted molar refractivity (Wildman–Crippen MR) is 74.8 cm³/mol. The quantitative estimate of drug-likeness (QED) is 0.864. The first-order valence-corrected chi connectivity index (χ1v) is 6.23. The molecule has 0 aliphatic heterocycles. The van der Waals surface area contributed by atoms with Crippen molar-refractivity contribution in [2.75, 3.05) is 6.54 Å². The van der Waals surface area contributed by atoms with Gasteiger partial charge in [-0.1, -0.05) is 42.0 Å². The van der Waals surface area contributed by atoms with Crippen molar-refractivity contribution in [2.45, 2.75) is 19.3 Å². The van der Waals surface area contributed by atoms with Gasteiger partial charge in [-0.3, -0.25) is 0 Å². The molecule has 2 aromatic carbocycles. The van der Waals surface area contributed by atoms with Gasteiger partial charge >= 0.3 is 0 Å². The van der Waals surface area contributed by atoms with Crippen LogP contribution in [-0.2, 0) is 6.42 Å². The lowest BCUT2D eigenvalue weighted by Crippen LogP contribution is -2.15. The maximum Gasteiger partial charge on any atom is 0.115 e. The Bertz CT molecular complexity index is 522. The zero-order valence-corrected chi connectivity index (χ0v) is 10.6. The van der Waals surface area contributed by atoms with E-state index in [1.54, 1.807) is 12.1 Å². The van der Waals surface area contributed by atoms with Gasteiger partial charge in [0.1, 0.15) is 5.75 Å². The molecule has 0 saturated heterocycles. The summed E-state index contributed by atoms with van der Waals surface area (Å²) in [6.07, 6.45) is 0.856. The number of aryl methyl sites for hydroxylation is 1. The van der Waals surface area contributed by atoms with Gasteiger partial charge in [0.2, 0.25) is 0 Å². The minimum atomic E-state index is 0.298. The largest absolute Gasteiger partial charge is 0.508 e. The van der Waals surface area contributed by atoms with Crippen molar-refractivity contribution in [3.8, 4) is 5.75 Å². The molecule has 94 valence electrons. The van der Waals surface area contributed by atoms with E-state index in [1.807, 2.05) is 12.1 Å². The van der Waals surface area contributed by atoms with E-state index in [0.717, 1.165) is 12.0 Å². The van der Waals surface area contributed by atoms with Crippen LogP contribution >= 0.6 is 0 Å².